The second-order valence-corrected chi connectivity index (χ2v) is 10.6. The fraction of sp³-hybridized carbons (Fsp3) is 0.696. The number of carbonyl (C=O) groups is 3. The second kappa shape index (κ2) is 6.38. The Kier molecular flexibility index (Phi) is 4.57. The molecule has 0 saturated heterocycles. The molecule has 0 radical (unpaired) electrons. The summed E-state index contributed by atoms with van der Waals surface area (Å²) in [6.45, 7) is 7.44. The van der Waals surface area contributed by atoms with Gasteiger partial charge in [-0.1, -0.05) is 35.9 Å². The molecule has 0 aromatic heterocycles. The van der Waals surface area contributed by atoms with Crippen LogP contribution in [0.5, 0.6) is 0 Å². The Morgan fingerprint density at radius 3 is 2.43 bits per heavy atom. The summed E-state index contributed by atoms with van der Waals surface area (Å²) < 4.78 is 6.84. The number of fused-ring (bicyclic) bond motifs is 5. The highest BCUT2D eigenvalue weighted by molar-refractivity contribution is 9.12. The smallest absolute Gasteiger partial charge is 0.303 e. The molecule has 0 N–H and O–H groups in total. The van der Waals surface area contributed by atoms with Gasteiger partial charge in [-0.25, -0.2) is 0 Å². The van der Waals surface area contributed by atoms with Crippen molar-refractivity contribution in [2.75, 3.05) is 0 Å². The van der Waals surface area contributed by atoms with E-state index in [0.29, 0.717) is 24.7 Å². The Morgan fingerprint density at radius 1 is 1.11 bits per heavy atom. The molecule has 2 saturated carbocycles. The maximum atomic E-state index is 12.8. The summed E-state index contributed by atoms with van der Waals surface area (Å²) in [5.41, 5.74) is -0.230. The summed E-state index contributed by atoms with van der Waals surface area (Å²) in [5, 5.41) is 0. The van der Waals surface area contributed by atoms with E-state index in [9.17, 15) is 14.4 Å². The molecule has 4 aliphatic carbocycles. The summed E-state index contributed by atoms with van der Waals surface area (Å²) in [7, 11) is 0. The van der Waals surface area contributed by atoms with Crippen LogP contribution in [-0.4, -0.2) is 23.1 Å². The summed E-state index contributed by atoms with van der Waals surface area (Å²) >= 11 is 3.76. The number of hydrogen-bond acceptors (Lipinski definition) is 4. The van der Waals surface area contributed by atoms with Gasteiger partial charge < -0.3 is 4.74 Å². The zero-order valence-corrected chi connectivity index (χ0v) is 18.7. The lowest BCUT2D eigenvalue weighted by atomic mass is 9.48. The van der Waals surface area contributed by atoms with Crippen molar-refractivity contribution < 1.29 is 19.1 Å². The van der Waals surface area contributed by atoms with Gasteiger partial charge in [-0.2, -0.15) is 0 Å². The van der Waals surface area contributed by atoms with E-state index >= 15 is 0 Å². The van der Waals surface area contributed by atoms with Crippen LogP contribution in [0.4, 0.5) is 0 Å². The van der Waals surface area contributed by atoms with Crippen LogP contribution in [0.2, 0.25) is 0 Å². The minimum Gasteiger partial charge on any atom is -0.451 e. The highest BCUT2D eigenvalue weighted by Crippen LogP contribution is 2.68. The lowest BCUT2D eigenvalue weighted by Crippen LogP contribution is -2.58. The number of allylic oxidation sites excluding steroid dienone is 4. The molecule has 0 aromatic carbocycles. The minimum atomic E-state index is -1.01. The number of halogens is 1. The quantitative estimate of drug-likeness (QED) is 0.563. The first kappa shape index (κ1) is 20.1. The Labute approximate surface area is 175 Å². The Balaban J connectivity index is 1.79. The third-order valence-corrected chi connectivity index (χ3v) is 9.26. The van der Waals surface area contributed by atoms with E-state index in [1.165, 1.54) is 6.92 Å². The predicted octanol–water partition coefficient (Wildman–Crippen LogP) is 4.91. The molecule has 5 heteroatoms. The van der Waals surface area contributed by atoms with Gasteiger partial charge in [-0.15, -0.1) is 0 Å². The van der Waals surface area contributed by atoms with Gasteiger partial charge in [0.05, 0.1) is 0 Å². The highest BCUT2D eigenvalue weighted by atomic mass is 79.9. The largest absolute Gasteiger partial charge is 0.451 e. The lowest BCUT2D eigenvalue weighted by molar-refractivity contribution is -0.185. The van der Waals surface area contributed by atoms with Crippen LogP contribution in [0.3, 0.4) is 0 Å². The number of carbonyl (C=O) groups excluding carboxylic acids is 3. The third-order valence-electron chi connectivity index (χ3n) is 8.56. The van der Waals surface area contributed by atoms with Crippen LogP contribution in [-0.2, 0) is 19.1 Å². The summed E-state index contributed by atoms with van der Waals surface area (Å²) in [5.74, 6) is 0.871. The molecule has 0 bridgehead atoms. The van der Waals surface area contributed by atoms with Gasteiger partial charge in [0, 0.05) is 23.2 Å². The molecule has 4 rings (SSSR count). The summed E-state index contributed by atoms with van der Waals surface area (Å²) in [6.07, 6.45) is 8.94. The maximum absolute atomic E-state index is 12.8. The fourth-order valence-corrected chi connectivity index (χ4v) is 8.01. The maximum Gasteiger partial charge on any atom is 0.303 e. The summed E-state index contributed by atoms with van der Waals surface area (Å²) in [4.78, 5) is 36.7. The lowest BCUT2D eigenvalue weighted by Gasteiger charge is -2.57. The molecule has 152 valence electrons. The van der Waals surface area contributed by atoms with Gasteiger partial charge in [0.2, 0.25) is 0 Å². The van der Waals surface area contributed by atoms with Crippen LogP contribution >= 0.6 is 15.9 Å². The Bertz CT molecular complexity index is 826. The van der Waals surface area contributed by atoms with Crippen LogP contribution in [0, 0.1) is 28.6 Å². The Hall–Kier alpha value is -1.23. The number of esters is 1. The first-order chi connectivity index (χ1) is 13.0. The van der Waals surface area contributed by atoms with E-state index in [2.05, 4.69) is 35.9 Å². The molecule has 0 unspecified atom stereocenters. The highest BCUT2D eigenvalue weighted by Gasteiger charge is 2.67. The number of ether oxygens (including phenoxy) is 1. The molecule has 0 aliphatic heterocycles. The van der Waals surface area contributed by atoms with E-state index in [1.54, 1.807) is 6.92 Å². The summed E-state index contributed by atoms with van der Waals surface area (Å²) in [6, 6.07) is 0. The predicted molar refractivity (Wildman–Crippen MR) is 110 cm³/mol. The van der Waals surface area contributed by atoms with Crippen LogP contribution < -0.4 is 0 Å². The molecular formula is C23H29BrO4. The molecule has 0 aromatic rings. The molecule has 4 aliphatic rings. The van der Waals surface area contributed by atoms with Crippen molar-refractivity contribution in [1.82, 2.24) is 0 Å². The zero-order valence-electron chi connectivity index (χ0n) is 17.1. The van der Waals surface area contributed by atoms with Gasteiger partial charge in [-0.05, 0) is 73.8 Å². The third kappa shape index (κ3) is 2.50. The van der Waals surface area contributed by atoms with Gasteiger partial charge in [0.25, 0.3) is 0 Å². The van der Waals surface area contributed by atoms with Crippen molar-refractivity contribution in [2.45, 2.75) is 71.8 Å². The fourth-order valence-electron chi connectivity index (χ4n) is 7.13. The molecule has 6 atom stereocenters. The topological polar surface area (TPSA) is 60.4 Å². The van der Waals surface area contributed by atoms with E-state index in [0.717, 1.165) is 35.7 Å². The van der Waals surface area contributed by atoms with Gasteiger partial charge >= 0.3 is 5.97 Å². The number of ketones is 2. The van der Waals surface area contributed by atoms with Crippen molar-refractivity contribution in [3.63, 3.8) is 0 Å². The van der Waals surface area contributed by atoms with Crippen molar-refractivity contribution in [3.05, 3.63) is 22.2 Å². The first-order valence-electron chi connectivity index (χ1n) is 10.4. The zero-order chi connectivity index (χ0) is 20.5. The van der Waals surface area contributed by atoms with E-state index < -0.39 is 5.60 Å². The van der Waals surface area contributed by atoms with E-state index in [-0.39, 0.29) is 34.3 Å². The van der Waals surface area contributed by atoms with Gasteiger partial charge in [0.1, 0.15) is 0 Å². The van der Waals surface area contributed by atoms with Crippen molar-refractivity contribution in [1.29, 1.82) is 0 Å². The van der Waals surface area contributed by atoms with Crippen molar-refractivity contribution >= 4 is 33.5 Å². The molecule has 28 heavy (non-hydrogen) atoms. The molecule has 0 amide bonds. The average Bonchev–Trinajstić information content (AvgIpc) is 2.90. The van der Waals surface area contributed by atoms with E-state index in [1.807, 2.05) is 6.08 Å². The SMILES string of the molecule is CC(=O)O[C@@]1(C(C)=O)CC[C@@H]2[C@@H]3C=C(Br)C4=CC(=O)CC[C@]4(C)[C@@H]3CC[C@@]21C. The monoisotopic (exact) mass is 448 g/mol. The molecule has 0 heterocycles. The average molecular weight is 449 g/mol. The van der Waals surface area contributed by atoms with Crippen LogP contribution in [0.1, 0.15) is 66.2 Å². The normalized spacial score (nSPS) is 44.6. The number of Topliss-reactive ketones (excluding diaryl/α,β-unsaturated/α-hetero) is 1. The second-order valence-electron chi connectivity index (χ2n) is 9.72. The van der Waals surface area contributed by atoms with Crippen molar-refractivity contribution in [2.24, 2.45) is 28.6 Å². The van der Waals surface area contributed by atoms with Crippen molar-refractivity contribution in [3.8, 4) is 0 Å². The molecule has 2 fully saturated rings. The molecule has 0 spiro atoms. The molecular weight excluding hydrogens is 420 g/mol. The van der Waals surface area contributed by atoms with Gasteiger partial charge in [-0.3, -0.25) is 14.4 Å². The minimum absolute atomic E-state index is 0.0175. The Morgan fingerprint density at radius 2 is 1.79 bits per heavy atom. The standard InChI is InChI=1S/C23H29BrO4/c1-13(25)23(28-14(2)26)10-7-18-16-12-20(24)19-11-15(27)5-8-21(19,3)17(16)6-9-22(18,23)4/h11-12,16-18H,5-10H2,1-4H3/t16-,17-,18-,21-,22+,23-/m1/s1. The van der Waals surface area contributed by atoms with Crippen LogP contribution in [0.25, 0.3) is 0 Å². The van der Waals surface area contributed by atoms with E-state index in [4.69, 9.17) is 4.74 Å². The first-order valence-corrected chi connectivity index (χ1v) is 11.2. The number of rotatable bonds is 2. The van der Waals surface area contributed by atoms with Crippen LogP contribution in [0.15, 0.2) is 22.2 Å². The number of hydrogen-bond donors (Lipinski definition) is 0. The van der Waals surface area contributed by atoms with Gasteiger partial charge in [0.15, 0.2) is 17.2 Å². The molecule has 4 nitrogen and oxygen atoms in total.